The average Bonchev–Trinajstić information content (AvgIpc) is 2.31. The van der Waals surface area contributed by atoms with Gasteiger partial charge in [-0.1, -0.05) is 48.5 Å². The maximum absolute atomic E-state index is 5.30. The minimum Gasteiger partial charge on any atom is -0.271 e. The molecule has 0 aliphatic carbocycles. The number of nitrogens with one attached hydrogen (secondary N) is 1. The van der Waals surface area contributed by atoms with E-state index in [1.807, 2.05) is 18.2 Å². The highest BCUT2D eigenvalue weighted by atomic mass is 15.2. The largest absolute Gasteiger partial charge is 0.271 e. The number of hydrogen-bond donors (Lipinski definition) is 2. The molecule has 76 valence electrons. The second kappa shape index (κ2) is 4.73. The Morgan fingerprint density at radius 2 is 1.60 bits per heavy atom. The first-order chi connectivity index (χ1) is 7.40. The van der Waals surface area contributed by atoms with Crippen LogP contribution in [0.2, 0.25) is 0 Å². The van der Waals surface area contributed by atoms with Crippen molar-refractivity contribution in [1.82, 2.24) is 5.43 Å². The second-order valence-corrected chi connectivity index (χ2v) is 3.45. The minimum absolute atomic E-state index is 0.695. The molecule has 0 heterocycles. The Balaban J connectivity index is 2.33. The van der Waals surface area contributed by atoms with E-state index in [-0.39, 0.29) is 0 Å². The van der Waals surface area contributed by atoms with E-state index in [9.17, 15) is 0 Å². The van der Waals surface area contributed by atoms with Gasteiger partial charge in [0.15, 0.2) is 0 Å². The third kappa shape index (κ3) is 2.43. The van der Waals surface area contributed by atoms with Crippen molar-refractivity contribution in [1.29, 1.82) is 0 Å². The summed E-state index contributed by atoms with van der Waals surface area (Å²) in [5, 5.41) is 0. The van der Waals surface area contributed by atoms with Crippen LogP contribution in [0.4, 0.5) is 0 Å². The molecule has 0 unspecified atom stereocenters. The van der Waals surface area contributed by atoms with Crippen LogP contribution < -0.4 is 11.3 Å². The SMILES string of the molecule is NNCc1cccc(-c2ccccc2)c1. The van der Waals surface area contributed by atoms with Crippen LogP contribution in [0.5, 0.6) is 0 Å². The van der Waals surface area contributed by atoms with Gasteiger partial charge in [0.2, 0.25) is 0 Å². The lowest BCUT2D eigenvalue weighted by Gasteiger charge is -2.04. The molecule has 0 aliphatic rings. The van der Waals surface area contributed by atoms with Gasteiger partial charge in [-0.3, -0.25) is 11.3 Å². The lowest BCUT2D eigenvalue weighted by atomic mass is 10.0. The molecule has 0 fully saturated rings. The van der Waals surface area contributed by atoms with Crippen molar-refractivity contribution in [2.45, 2.75) is 6.54 Å². The molecule has 0 spiro atoms. The van der Waals surface area contributed by atoms with Crippen LogP contribution >= 0.6 is 0 Å². The van der Waals surface area contributed by atoms with Crippen LogP contribution in [0.3, 0.4) is 0 Å². The van der Waals surface area contributed by atoms with E-state index in [1.165, 1.54) is 16.7 Å². The predicted molar refractivity (Wildman–Crippen MR) is 62.9 cm³/mol. The molecule has 0 aliphatic heterocycles. The molecule has 2 aromatic carbocycles. The summed E-state index contributed by atoms with van der Waals surface area (Å²) >= 11 is 0. The van der Waals surface area contributed by atoms with Crippen molar-refractivity contribution >= 4 is 0 Å². The molecule has 0 radical (unpaired) electrons. The van der Waals surface area contributed by atoms with Crippen LogP contribution in [0.1, 0.15) is 5.56 Å². The van der Waals surface area contributed by atoms with Gasteiger partial charge in [-0.25, -0.2) is 0 Å². The third-order valence-electron chi connectivity index (χ3n) is 2.34. The van der Waals surface area contributed by atoms with Gasteiger partial charge < -0.3 is 0 Å². The lowest BCUT2D eigenvalue weighted by Crippen LogP contribution is -2.20. The topological polar surface area (TPSA) is 38.0 Å². The van der Waals surface area contributed by atoms with E-state index < -0.39 is 0 Å². The number of hydrogen-bond acceptors (Lipinski definition) is 2. The predicted octanol–water partition coefficient (Wildman–Crippen LogP) is 2.32. The molecular weight excluding hydrogens is 184 g/mol. The lowest BCUT2D eigenvalue weighted by molar-refractivity contribution is 0.741. The number of benzene rings is 2. The molecule has 0 atom stereocenters. The summed E-state index contributed by atoms with van der Waals surface area (Å²) in [6.45, 7) is 0.695. The first-order valence-corrected chi connectivity index (χ1v) is 4.98. The fourth-order valence-electron chi connectivity index (χ4n) is 1.61. The monoisotopic (exact) mass is 198 g/mol. The van der Waals surface area contributed by atoms with Crippen molar-refractivity contribution in [2.75, 3.05) is 0 Å². The molecule has 2 nitrogen and oxygen atoms in total. The van der Waals surface area contributed by atoms with Gasteiger partial charge in [0.25, 0.3) is 0 Å². The highest BCUT2D eigenvalue weighted by Crippen LogP contribution is 2.19. The normalized spacial score (nSPS) is 10.2. The summed E-state index contributed by atoms with van der Waals surface area (Å²) in [4.78, 5) is 0. The third-order valence-corrected chi connectivity index (χ3v) is 2.34. The van der Waals surface area contributed by atoms with Crippen LogP contribution in [0.25, 0.3) is 11.1 Å². The number of rotatable bonds is 3. The highest BCUT2D eigenvalue weighted by molar-refractivity contribution is 5.63. The van der Waals surface area contributed by atoms with E-state index in [0.717, 1.165) is 0 Å². The van der Waals surface area contributed by atoms with E-state index in [2.05, 4.69) is 41.8 Å². The Kier molecular flexibility index (Phi) is 3.12. The molecule has 2 aromatic rings. The number of nitrogens with two attached hydrogens (primary N) is 1. The summed E-state index contributed by atoms with van der Waals surface area (Å²) in [5.41, 5.74) is 6.31. The number of hydrazine groups is 1. The summed E-state index contributed by atoms with van der Waals surface area (Å²) in [5.74, 6) is 5.30. The summed E-state index contributed by atoms with van der Waals surface area (Å²) < 4.78 is 0. The first kappa shape index (κ1) is 9.90. The van der Waals surface area contributed by atoms with E-state index >= 15 is 0 Å². The van der Waals surface area contributed by atoms with E-state index in [1.54, 1.807) is 0 Å². The molecule has 0 amide bonds. The van der Waals surface area contributed by atoms with Gasteiger partial charge in [0.1, 0.15) is 0 Å². The van der Waals surface area contributed by atoms with Crippen molar-refractivity contribution in [2.24, 2.45) is 5.84 Å². The molecule has 0 aromatic heterocycles. The van der Waals surface area contributed by atoms with Crippen molar-refractivity contribution in [3.63, 3.8) is 0 Å². The Bertz CT molecular complexity index is 424. The molecule has 2 rings (SSSR count). The average molecular weight is 198 g/mol. The summed E-state index contributed by atoms with van der Waals surface area (Å²) in [7, 11) is 0. The maximum Gasteiger partial charge on any atom is 0.0348 e. The Labute approximate surface area is 89.7 Å². The fraction of sp³-hybridized carbons (Fsp3) is 0.0769. The minimum atomic E-state index is 0.695. The zero-order chi connectivity index (χ0) is 10.5. The van der Waals surface area contributed by atoms with Gasteiger partial charge in [-0.15, -0.1) is 0 Å². The summed E-state index contributed by atoms with van der Waals surface area (Å²) in [6, 6.07) is 18.7. The van der Waals surface area contributed by atoms with E-state index in [4.69, 9.17) is 5.84 Å². The highest BCUT2D eigenvalue weighted by Gasteiger charge is 1.97. The van der Waals surface area contributed by atoms with Gasteiger partial charge in [-0.05, 0) is 22.8 Å². The van der Waals surface area contributed by atoms with Crippen molar-refractivity contribution < 1.29 is 0 Å². The van der Waals surface area contributed by atoms with Crippen LogP contribution in [0.15, 0.2) is 54.6 Å². The standard InChI is InChI=1S/C13H14N2/c14-15-10-11-5-4-8-13(9-11)12-6-2-1-3-7-12/h1-9,15H,10,14H2. The van der Waals surface area contributed by atoms with Crippen LogP contribution in [-0.2, 0) is 6.54 Å². The van der Waals surface area contributed by atoms with Crippen molar-refractivity contribution in [3.8, 4) is 11.1 Å². The van der Waals surface area contributed by atoms with Gasteiger partial charge >= 0.3 is 0 Å². The van der Waals surface area contributed by atoms with Gasteiger partial charge in [0.05, 0.1) is 0 Å². The first-order valence-electron chi connectivity index (χ1n) is 4.98. The fourth-order valence-corrected chi connectivity index (χ4v) is 1.61. The maximum atomic E-state index is 5.30. The molecule has 3 N–H and O–H groups in total. The van der Waals surface area contributed by atoms with Crippen LogP contribution in [0, 0.1) is 0 Å². The Hall–Kier alpha value is -1.64. The Morgan fingerprint density at radius 3 is 2.33 bits per heavy atom. The molecule has 0 bridgehead atoms. The van der Waals surface area contributed by atoms with Gasteiger partial charge in [-0.2, -0.15) is 0 Å². The summed E-state index contributed by atoms with van der Waals surface area (Å²) in [6.07, 6.45) is 0. The molecule has 2 heteroatoms. The molecular formula is C13H14N2. The Morgan fingerprint density at radius 1 is 0.867 bits per heavy atom. The zero-order valence-electron chi connectivity index (χ0n) is 8.48. The van der Waals surface area contributed by atoms with Crippen molar-refractivity contribution in [3.05, 3.63) is 60.2 Å². The molecule has 15 heavy (non-hydrogen) atoms. The van der Waals surface area contributed by atoms with Crippen LogP contribution in [-0.4, -0.2) is 0 Å². The quantitative estimate of drug-likeness (QED) is 0.586. The molecule has 0 saturated heterocycles. The van der Waals surface area contributed by atoms with E-state index in [0.29, 0.717) is 6.54 Å². The van der Waals surface area contributed by atoms with Gasteiger partial charge in [0, 0.05) is 6.54 Å². The zero-order valence-corrected chi connectivity index (χ0v) is 8.48. The second-order valence-electron chi connectivity index (χ2n) is 3.45. The smallest absolute Gasteiger partial charge is 0.0348 e. The molecule has 0 saturated carbocycles.